The first-order valence-electron chi connectivity index (χ1n) is 8.66. The van der Waals surface area contributed by atoms with Crippen molar-refractivity contribution in [3.8, 4) is 0 Å². The second-order valence-corrected chi connectivity index (χ2v) is 7.41. The molecular weight excluding hydrogens is 346 g/mol. The Labute approximate surface area is 158 Å². The summed E-state index contributed by atoms with van der Waals surface area (Å²) in [5.74, 6) is 0.767. The number of amides is 1. The third kappa shape index (κ3) is 5.07. The van der Waals surface area contributed by atoms with Crippen molar-refractivity contribution in [2.75, 3.05) is 0 Å². The van der Waals surface area contributed by atoms with Gasteiger partial charge in [0.05, 0.1) is 32.1 Å². The zero-order valence-corrected chi connectivity index (χ0v) is 15.9. The van der Waals surface area contributed by atoms with E-state index < -0.39 is 0 Å². The highest BCUT2D eigenvalue weighted by atomic mass is 32.1. The number of ether oxygens (including phenoxy) is 1. The number of hydrogen-bond acceptors (Lipinski definition) is 4. The van der Waals surface area contributed by atoms with Crippen LogP contribution in [0.1, 0.15) is 40.4 Å². The number of hydrogen-bond donors (Lipinski definition) is 0. The molecule has 0 bridgehead atoms. The molecule has 2 heterocycles. The summed E-state index contributed by atoms with van der Waals surface area (Å²) in [6, 6.07) is 15.4. The maximum absolute atomic E-state index is 13.0. The fourth-order valence-electron chi connectivity index (χ4n) is 2.57. The van der Waals surface area contributed by atoms with Gasteiger partial charge < -0.3 is 14.1 Å². The van der Waals surface area contributed by atoms with Gasteiger partial charge in [0.2, 0.25) is 0 Å². The maximum atomic E-state index is 13.0. The summed E-state index contributed by atoms with van der Waals surface area (Å²) in [7, 11) is 0. The molecule has 3 rings (SSSR count). The lowest BCUT2D eigenvalue weighted by atomic mass is 10.1. The van der Waals surface area contributed by atoms with Crippen LogP contribution in [0.2, 0.25) is 0 Å². The standard InChI is InChI=1S/C21H23NO3S/c1-16(2)25-15-17-7-9-18(10-8-17)21(23)22(13-19-5-3-11-24-19)14-20-6-4-12-26-20/h3-12,16H,13-15H2,1-2H3. The van der Waals surface area contributed by atoms with E-state index in [9.17, 15) is 4.79 Å². The van der Waals surface area contributed by atoms with E-state index in [2.05, 4.69) is 0 Å². The first-order chi connectivity index (χ1) is 12.6. The van der Waals surface area contributed by atoms with Gasteiger partial charge in [-0.2, -0.15) is 0 Å². The lowest BCUT2D eigenvalue weighted by Crippen LogP contribution is -2.29. The molecule has 0 saturated heterocycles. The highest BCUT2D eigenvalue weighted by Crippen LogP contribution is 2.18. The van der Waals surface area contributed by atoms with Gasteiger partial charge in [0, 0.05) is 10.4 Å². The Kier molecular flexibility index (Phi) is 6.26. The minimum absolute atomic E-state index is 0.00821. The number of nitrogens with zero attached hydrogens (tertiary/aromatic N) is 1. The lowest BCUT2D eigenvalue weighted by Gasteiger charge is -2.21. The van der Waals surface area contributed by atoms with Gasteiger partial charge in [-0.15, -0.1) is 11.3 Å². The zero-order valence-electron chi connectivity index (χ0n) is 15.1. The summed E-state index contributed by atoms with van der Waals surface area (Å²) in [6.45, 7) is 5.58. The summed E-state index contributed by atoms with van der Waals surface area (Å²) in [4.78, 5) is 16.0. The van der Waals surface area contributed by atoms with Crippen LogP contribution in [0.3, 0.4) is 0 Å². The van der Waals surface area contributed by atoms with Gasteiger partial charge in [0.15, 0.2) is 0 Å². The molecule has 0 fully saturated rings. The lowest BCUT2D eigenvalue weighted by molar-refractivity contribution is 0.0655. The van der Waals surface area contributed by atoms with E-state index in [-0.39, 0.29) is 12.0 Å². The Bertz CT molecular complexity index is 756. The topological polar surface area (TPSA) is 42.7 Å². The molecule has 0 aliphatic rings. The van der Waals surface area contributed by atoms with Crippen LogP contribution in [0.5, 0.6) is 0 Å². The van der Waals surface area contributed by atoms with Crippen LogP contribution >= 0.6 is 11.3 Å². The molecule has 0 aliphatic heterocycles. The van der Waals surface area contributed by atoms with Crippen LogP contribution in [0, 0.1) is 0 Å². The Hall–Kier alpha value is -2.37. The molecule has 1 aromatic carbocycles. The normalized spacial score (nSPS) is 11.0. The van der Waals surface area contributed by atoms with Crippen molar-refractivity contribution in [1.29, 1.82) is 0 Å². The Morgan fingerprint density at radius 3 is 2.54 bits per heavy atom. The van der Waals surface area contributed by atoms with Gasteiger partial charge in [0.25, 0.3) is 5.91 Å². The first kappa shape index (κ1) is 18.4. The third-order valence-corrected chi connectivity index (χ3v) is 4.79. The Morgan fingerprint density at radius 2 is 1.92 bits per heavy atom. The van der Waals surface area contributed by atoms with Gasteiger partial charge in [-0.1, -0.05) is 18.2 Å². The van der Waals surface area contributed by atoms with Crippen molar-refractivity contribution in [2.24, 2.45) is 0 Å². The van der Waals surface area contributed by atoms with Crippen LogP contribution in [0.15, 0.2) is 64.6 Å². The monoisotopic (exact) mass is 369 g/mol. The SMILES string of the molecule is CC(C)OCc1ccc(C(=O)N(Cc2ccco2)Cc2cccs2)cc1. The van der Waals surface area contributed by atoms with Crippen molar-refractivity contribution in [3.63, 3.8) is 0 Å². The van der Waals surface area contributed by atoms with Gasteiger partial charge in [-0.05, 0) is 55.1 Å². The second kappa shape index (κ2) is 8.83. The predicted molar refractivity (Wildman–Crippen MR) is 103 cm³/mol. The van der Waals surface area contributed by atoms with Crippen molar-refractivity contribution >= 4 is 17.2 Å². The minimum atomic E-state index is -0.00821. The van der Waals surface area contributed by atoms with Crippen LogP contribution in [-0.4, -0.2) is 16.9 Å². The molecule has 0 atom stereocenters. The molecule has 2 aromatic heterocycles. The number of furan rings is 1. The first-order valence-corrected chi connectivity index (χ1v) is 9.54. The molecule has 3 aromatic rings. The van der Waals surface area contributed by atoms with Crippen molar-refractivity contribution in [1.82, 2.24) is 4.90 Å². The molecule has 0 saturated carbocycles. The summed E-state index contributed by atoms with van der Waals surface area (Å²) in [6.07, 6.45) is 1.82. The molecular formula is C21H23NO3S. The smallest absolute Gasteiger partial charge is 0.254 e. The van der Waals surface area contributed by atoms with Crippen LogP contribution in [0.4, 0.5) is 0 Å². The van der Waals surface area contributed by atoms with Crippen molar-refractivity contribution < 1.29 is 13.9 Å². The van der Waals surface area contributed by atoms with E-state index in [1.54, 1.807) is 17.6 Å². The highest BCUT2D eigenvalue weighted by Gasteiger charge is 2.18. The highest BCUT2D eigenvalue weighted by molar-refractivity contribution is 7.09. The van der Waals surface area contributed by atoms with Crippen molar-refractivity contribution in [3.05, 3.63) is 81.9 Å². The van der Waals surface area contributed by atoms with E-state index in [1.807, 2.05) is 72.7 Å². The Morgan fingerprint density at radius 1 is 1.12 bits per heavy atom. The molecule has 0 N–H and O–H groups in total. The minimum Gasteiger partial charge on any atom is -0.467 e. The third-order valence-electron chi connectivity index (χ3n) is 3.93. The average Bonchev–Trinajstić information content (AvgIpc) is 3.33. The van der Waals surface area contributed by atoms with E-state index in [1.165, 1.54) is 0 Å². The molecule has 5 heteroatoms. The van der Waals surface area contributed by atoms with Gasteiger partial charge in [0.1, 0.15) is 5.76 Å². The van der Waals surface area contributed by atoms with Crippen LogP contribution < -0.4 is 0 Å². The van der Waals surface area contributed by atoms with E-state index in [0.717, 1.165) is 16.2 Å². The van der Waals surface area contributed by atoms with Gasteiger partial charge in [-0.25, -0.2) is 0 Å². The number of carbonyl (C=O) groups is 1. The summed E-state index contributed by atoms with van der Waals surface area (Å²) >= 11 is 1.65. The summed E-state index contributed by atoms with van der Waals surface area (Å²) in [5.41, 5.74) is 1.73. The number of carbonyl (C=O) groups excluding carboxylic acids is 1. The van der Waals surface area contributed by atoms with Crippen LogP contribution in [-0.2, 0) is 24.4 Å². The summed E-state index contributed by atoms with van der Waals surface area (Å²) < 4.78 is 11.0. The largest absolute Gasteiger partial charge is 0.467 e. The number of benzene rings is 1. The predicted octanol–water partition coefficient (Wildman–Crippen LogP) is 5.11. The summed E-state index contributed by atoms with van der Waals surface area (Å²) in [5, 5.41) is 2.02. The van der Waals surface area contributed by atoms with E-state index >= 15 is 0 Å². The molecule has 0 unspecified atom stereocenters. The molecule has 0 aliphatic carbocycles. The molecule has 4 nitrogen and oxygen atoms in total. The maximum Gasteiger partial charge on any atom is 0.254 e. The average molecular weight is 369 g/mol. The van der Waals surface area contributed by atoms with E-state index in [4.69, 9.17) is 9.15 Å². The molecule has 0 spiro atoms. The second-order valence-electron chi connectivity index (χ2n) is 6.38. The van der Waals surface area contributed by atoms with Gasteiger partial charge >= 0.3 is 0 Å². The molecule has 26 heavy (non-hydrogen) atoms. The molecule has 136 valence electrons. The number of rotatable bonds is 8. The van der Waals surface area contributed by atoms with E-state index in [0.29, 0.717) is 25.3 Å². The number of thiophene rings is 1. The zero-order chi connectivity index (χ0) is 18.4. The molecule has 1 amide bonds. The fraction of sp³-hybridized carbons (Fsp3) is 0.286. The fourth-order valence-corrected chi connectivity index (χ4v) is 3.29. The van der Waals surface area contributed by atoms with Crippen LogP contribution in [0.25, 0.3) is 0 Å². The molecule has 0 radical (unpaired) electrons. The quantitative estimate of drug-likeness (QED) is 0.554. The van der Waals surface area contributed by atoms with Crippen molar-refractivity contribution in [2.45, 2.75) is 39.6 Å². The van der Waals surface area contributed by atoms with Gasteiger partial charge in [-0.3, -0.25) is 4.79 Å². The Balaban J connectivity index is 1.73.